The maximum absolute atomic E-state index is 12.4. The molecule has 0 spiro atoms. The van der Waals surface area contributed by atoms with Crippen molar-refractivity contribution in [3.8, 4) is 0 Å². The van der Waals surface area contributed by atoms with Crippen molar-refractivity contribution in [3.05, 3.63) is 28.2 Å². The number of rotatable bonds is 4. The van der Waals surface area contributed by atoms with Crippen molar-refractivity contribution < 1.29 is 8.42 Å². The third-order valence-corrected chi connectivity index (χ3v) is 6.13. The molecule has 0 aliphatic carbocycles. The van der Waals surface area contributed by atoms with Gasteiger partial charge in [0, 0.05) is 17.6 Å². The summed E-state index contributed by atoms with van der Waals surface area (Å²) in [7, 11) is -3.67. The van der Waals surface area contributed by atoms with Crippen LogP contribution in [0.2, 0.25) is 10.0 Å². The zero-order chi connectivity index (χ0) is 15.7. The molecule has 1 aromatic carbocycles. The minimum atomic E-state index is -3.67. The number of hydrogen-bond donors (Lipinski definition) is 2. The number of piperidine rings is 1. The molecule has 0 bridgehead atoms. The summed E-state index contributed by atoms with van der Waals surface area (Å²) in [4.78, 5) is 0.0188. The molecule has 118 valence electrons. The van der Waals surface area contributed by atoms with Gasteiger partial charge in [0.05, 0.1) is 5.02 Å². The Kier molecular flexibility index (Phi) is 5.21. The summed E-state index contributed by atoms with van der Waals surface area (Å²) in [5.41, 5.74) is 0.0545. The molecule has 1 unspecified atom stereocenters. The minimum absolute atomic E-state index is 0.0188. The number of sulfonamides is 1. The van der Waals surface area contributed by atoms with E-state index in [4.69, 9.17) is 23.2 Å². The predicted molar refractivity (Wildman–Crippen MR) is 86.5 cm³/mol. The molecule has 7 heteroatoms. The Hall–Kier alpha value is -0.330. The van der Waals surface area contributed by atoms with Crippen LogP contribution in [0.1, 0.15) is 26.7 Å². The average molecular weight is 351 g/mol. The number of hydrogen-bond acceptors (Lipinski definition) is 3. The van der Waals surface area contributed by atoms with Crippen LogP contribution in [0.15, 0.2) is 23.1 Å². The van der Waals surface area contributed by atoms with E-state index >= 15 is 0 Å². The summed E-state index contributed by atoms with van der Waals surface area (Å²) in [5, 5.41) is 3.89. The van der Waals surface area contributed by atoms with Crippen LogP contribution >= 0.6 is 23.2 Å². The molecule has 0 radical (unpaired) electrons. The van der Waals surface area contributed by atoms with Crippen molar-refractivity contribution >= 4 is 33.2 Å². The maximum atomic E-state index is 12.4. The maximum Gasteiger partial charge on any atom is 0.242 e. The molecule has 0 aromatic heterocycles. The van der Waals surface area contributed by atoms with E-state index in [0.717, 1.165) is 19.4 Å². The van der Waals surface area contributed by atoms with Gasteiger partial charge in [-0.1, -0.05) is 37.0 Å². The van der Waals surface area contributed by atoms with E-state index in [1.807, 2.05) is 0 Å². The zero-order valence-corrected chi connectivity index (χ0v) is 14.4. The highest BCUT2D eigenvalue weighted by Crippen LogP contribution is 2.30. The van der Waals surface area contributed by atoms with Crippen molar-refractivity contribution in [1.82, 2.24) is 10.0 Å². The molecule has 21 heavy (non-hydrogen) atoms. The fourth-order valence-corrected chi connectivity index (χ4v) is 4.38. The van der Waals surface area contributed by atoms with Crippen LogP contribution in [0.5, 0.6) is 0 Å². The highest BCUT2D eigenvalue weighted by Gasteiger charge is 2.33. The molecular weight excluding hydrogens is 331 g/mol. The molecule has 4 nitrogen and oxygen atoms in total. The lowest BCUT2D eigenvalue weighted by molar-refractivity contribution is 0.181. The fourth-order valence-electron chi connectivity index (χ4n) is 2.57. The van der Waals surface area contributed by atoms with Crippen LogP contribution in [0, 0.1) is 5.41 Å². The largest absolute Gasteiger partial charge is 0.312 e. The van der Waals surface area contributed by atoms with Gasteiger partial charge in [-0.2, -0.15) is 0 Å². The molecule has 2 rings (SSSR count). The second kappa shape index (κ2) is 6.42. The van der Waals surface area contributed by atoms with Crippen molar-refractivity contribution in [2.45, 2.75) is 37.6 Å². The highest BCUT2D eigenvalue weighted by molar-refractivity contribution is 7.89. The fraction of sp³-hybridized carbons (Fsp3) is 0.571. The van der Waals surface area contributed by atoms with Crippen LogP contribution < -0.4 is 10.0 Å². The van der Waals surface area contributed by atoms with Crippen LogP contribution in [0.3, 0.4) is 0 Å². The molecule has 0 amide bonds. The monoisotopic (exact) mass is 350 g/mol. The Balaban J connectivity index is 2.13. The van der Waals surface area contributed by atoms with Crippen molar-refractivity contribution in [2.75, 3.05) is 13.1 Å². The molecule has 1 saturated heterocycles. The molecule has 1 aromatic rings. The van der Waals surface area contributed by atoms with Gasteiger partial charge in [-0.15, -0.1) is 0 Å². The SMILES string of the molecule is CC1(C)CCCNC1CNS(=O)(=O)c1cc(Cl)ccc1Cl. The first-order valence-electron chi connectivity index (χ1n) is 6.90. The van der Waals surface area contributed by atoms with Gasteiger partial charge in [-0.25, -0.2) is 13.1 Å². The van der Waals surface area contributed by atoms with Crippen LogP contribution in [-0.2, 0) is 10.0 Å². The smallest absolute Gasteiger partial charge is 0.242 e. The van der Waals surface area contributed by atoms with Crippen molar-refractivity contribution in [1.29, 1.82) is 0 Å². The molecule has 0 saturated carbocycles. The molecule has 1 aliphatic rings. The van der Waals surface area contributed by atoms with Gasteiger partial charge in [0.2, 0.25) is 10.0 Å². The number of benzene rings is 1. The summed E-state index contributed by atoms with van der Waals surface area (Å²) >= 11 is 11.8. The van der Waals surface area contributed by atoms with Gasteiger partial charge in [0.25, 0.3) is 0 Å². The zero-order valence-electron chi connectivity index (χ0n) is 12.1. The third kappa shape index (κ3) is 4.11. The summed E-state index contributed by atoms with van der Waals surface area (Å²) in [6.45, 7) is 5.53. The van der Waals surface area contributed by atoms with Crippen LogP contribution in [0.25, 0.3) is 0 Å². The second-order valence-corrected chi connectivity index (χ2v) is 8.60. The van der Waals surface area contributed by atoms with E-state index in [1.165, 1.54) is 12.1 Å². The standard InChI is InChI=1S/C14H20Cl2N2O2S/c1-14(2)6-3-7-17-13(14)9-18-21(19,20)12-8-10(15)4-5-11(12)16/h4-5,8,13,17-18H,3,6-7,9H2,1-2H3. The minimum Gasteiger partial charge on any atom is -0.312 e. The topological polar surface area (TPSA) is 58.2 Å². The molecule has 2 N–H and O–H groups in total. The van der Waals surface area contributed by atoms with Crippen LogP contribution in [0.4, 0.5) is 0 Å². The molecular formula is C14H20Cl2N2O2S. The van der Waals surface area contributed by atoms with Crippen molar-refractivity contribution in [2.24, 2.45) is 5.41 Å². The molecule has 1 fully saturated rings. The second-order valence-electron chi connectivity index (χ2n) is 6.03. The first kappa shape index (κ1) is 17.0. The van der Waals surface area contributed by atoms with E-state index in [1.54, 1.807) is 6.07 Å². The summed E-state index contributed by atoms with van der Waals surface area (Å²) in [5.74, 6) is 0. The predicted octanol–water partition coefficient (Wildman–Crippen LogP) is 3.05. The lowest BCUT2D eigenvalue weighted by atomic mass is 9.78. The van der Waals surface area contributed by atoms with Crippen LogP contribution in [-0.4, -0.2) is 27.5 Å². The van der Waals surface area contributed by atoms with Gasteiger partial charge in [0.15, 0.2) is 0 Å². The Labute approximate surface area is 136 Å². The van der Waals surface area contributed by atoms with Gasteiger partial charge in [0.1, 0.15) is 4.90 Å². The number of nitrogens with one attached hydrogen (secondary N) is 2. The lowest BCUT2D eigenvalue weighted by Gasteiger charge is -2.39. The average Bonchev–Trinajstić information content (AvgIpc) is 2.39. The Morgan fingerprint density at radius 2 is 2.10 bits per heavy atom. The van der Waals surface area contributed by atoms with E-state index in [9.17, 15) is 8.42 Å². The summed E-state index contributed by atoms with van der Waals surface area (Å²) in [6.07, 6.45) is 2.18. The van der Waals surface area contributed by atoms with Gasteiger partial charge < -0.3 is 5.32 Å². The van der Waals surface area contributed by atoms with Gasteiger partial charge in [-0.05, 0) is 43.0 Å². The quantitative estimate of drug-likeness (QED) is 0.877. The molecule has 1 heterocycles. The van der Waals surface area contributed by atoms with E-state index in [2.05, 4.69) is 23.9 Å². The van der Waals surface area contributed by atoms with Gasteiger partial charge >= 0.3 is 0 Å². The van der Waals surface area contributed by atoms with E-state index in [-0.39, 0.29) is 21.4 Å². The van der Waals surface area contributed by atoms with Gasteiger partial charge in [-0.3, -0.25) is 0 Å². The van der Waals surface area contributed by atoms with E-state index < -0.39 is 10.0 Å². The Morgan fingerprint density at radius 1 is 1.38 bits per heavy atom. The molecule has 1 aliphatic heterocycles. The third-order valence-electron chi connectivity index (χ3n) is 3.99. The first-order chi connectivity index (χ1) is 9.72. The van der Waals surface area contributed by atoms with Crippen molar-refractivity contribution in [3.63, 3.8) is 0 Å². The summed E-state index contributed by atoms with van der Waals surface area (Å²) in [6, 6.07) is 4.51. The summed E-state index contributed by atoms with van der Waals surface area (Å²) < 4.78 is 27.4. The Bertz CT molecular complexity index is 617. The normalized spacial score (nSPS) is 22.2. The number of halogens is 2. The first-order valence-corrected chi connectivity index (χ1v) is 9.14. The molecule has 1 atom stereocenters. The lowest BCUT2D eigenvalue weighted by Crippen LogP contribution is -2.52. The van der Waals surface area contributed by atoms with E-state index in [0.29, 0.717) is 11.6 Å². The highest BCUT2D eigenvalue weighted by atomic mass is 35.5. The Morgan fingerprint density at radius 3 is 2.76 bits per heavy atom.